The van der Waals surface area contributed by atoms with Crippen molar-refractivity contribution in [3.8, 4) is 5.75 Å². The highest BCUT2D eigenvalue weighted by Crippen LogP contribution is 2.30. The fraction of sp³-hybridized carbons (Fsp3) is 0.462. The lowest BCUT2D eigenvalue weighted by atomic mass is 9.98. The summed E-state index contributed by atoms with van der Waals surface area (Å²) < 4.78 is 0. The second-order valence-electron chi connectivity index (χ2n) is 4.76. The number of carbonyl (C=O) groups excluding carboxylic acids is 1. The predicted molar refractivity (Wildman–Crippen MR) is 68.9 cm³/mol. The quantitative estimate of drug-likeness (QED) is 0.787. The van der Waals surface area contributed by atoms with Gasteiger partial charge in [-0.25, -0.2) is 0 Å². The first-order chi connectivity index (χ1) is 8.56. The summed E-state index contributed by atoms with van der Waals surface area (Å²) in [6.07, 6.45) is 3.53. The molecule has 1 saturated carbocycles. The first-order valence-corrected chi connectivity index (χ1v) is 6.36. The molecule has 0 heterocycles. The Bertz CT molecular complexity index is 456. The molecule has 1 aliphatic carbocycles. The van der Waals surface area contributed by atoms with Gasteiger partial charge in [-0.1, -0.05) is 24.4 Å². The summed E-state index contributed by atoms with van der Waals surface area (Å²) in [5.41, 5.74) is -0.303. The van der Waals surface area contributed by atoms with E-state index in [-0.39, 0.29) is 28.8 Å². The zero-order chi connectivity index (χ0) is 13.2. The molecule has 0 atom stereocenters. The molecule has 0 aliphatic heterocycles. The number of carbonyl (C=O) groups is 1. The molecule has 98 valence electrons. The van der Waals surface area contributed by atoms with E-state index in [0.29, 0.717) is 0 Å². The van der Waals surface area contributed by atoms with Crippen LogP contribution >= 0.6 is 11.6 Å². The predicted octanol–water partition coefficient (Wildman–Crippen LogP) is 2.08. The van der Waals surface area contributed by atoms with Gasteiger partial charge in [-0.3, -0.25) is 4.79 Å². The molecule has 4 nitrogen and oxygen atoms in total. The third-order valence-electron chi connectivity index (χ3n) is 3.44. The molecule has 18 heavy (non-hydrogen) atoms. The van der Waals surface area contributed by atoms with E-state index in [9.17, 15) is 15.0 Å². The Morgan fingerprint density at radius 1 is 1.39 bits per heavy atom. The van der Waals surface area contributed by atoms with Gasteiger partial charge in [0.25, 0.3) is 5.91 Å². The van der Waals surface area contributed by atoms with Crippen molar-refractivity contribution in [3.05, 3.63) is 28.8 Å². The van der Waals surface area contributed by atoms with Crippen LogP contribution in [0, 0.1) is 0 Å². The molecule has 2 rings (SSSR count). The summed E-state index contributed by atoms with van der Waals surface area (Å²) in [4.78, 5) is 12.1. The number of hydrogen-bond donors (Lipinski definition) is 3. The lowest BCUT2D eigenvalue weighted by Crippen LogP contribution is -2.49. The third kappa shape index (κ3) is 2.60. The van der Waals surface area contributed by atoms with Crippen LogP contribution in [0.5, 0.6) is 5.75 Å². The van der Waals surface area contributed by atoms with Gasteiger partial charge in [-0.2, -0.15) is 0 Å². The molecular weight excluding hydrogens is 254 g/mol. The van der Waals surface area contributed by atoms with Crippen molar-refractivity contribution in [2.24, 2.45) is 0 Å². The van der Waals surface area contributed by atoms with E-state index in [4.69, 9.17) is 11.6 Å². The highest BCUT2D eigenvalue weighted by atomic mass is 35.5. The highest BCUT2D eigenvalue weighted by molar-refractivity contribution is 6.33. The summed E-state index contributed by atoms with van der Waals surface area (Å²) in [7, 11) is 0. The maximum Gasteiger partial charge on any atom is 0.253 e. The van der Waals surface area contributed by atoms with Gasteiger partial charge < -0.3 is 15.5 Å². The summed E-state index contributed by atoms with van der Waals surface area (Å²) in [6, 6.07) is 4.24. The number of rotatable bonds is 3. The van der Waals surface area contributed by atoms with Crippen molar-refractivity contribution in [2.75, 3.05) is 6.61 Å². The van der Waals surface area contributed by atoms with Crippen molar-refractivity contribution in [2.45, 2.75) is 31.2 Å². The molecule has 1 aromatic carbocycles. The molecule has 0 spiro atoms. The standard InChI is InChI=1S/C13H16ClNO3/c14-11-4-3-9(17)7-10(11)12(18)15-13(8-16)5-1-2-6-13/h3-4,7,16-17H,1-2,5-6,8H2,(H,15,18). The monoisotopic (exact) mass is 269 g/mol. The van der Waals surface area contributed by atoms with Crippen LogP contribution in [0.1, 0.15) is 36.0 Å². The lowest BCUT2D eigenvalue weighted by Gasteiger charge is -2.28. The maximum atomic E-state index is 12.1. The molecule has 0 unspecified atom stereocenters. The number of aromatic hydroxyl groups is 1. The summed E-state index contributed by atoms with van der Waals surface area (Å²) in [5, 5.41) is 21.9. The van der Waals surface area contributed by atoms with Crippen molar-refractivity contribution in [1.29, 1.82) is 0 Å². The van der Waals surface area contributed by atoms with Gasteiger partial charge in [0.2, 0.25) is 0 Å². The second-order valence-corrected chi connectivity index (χ2v) is 5.17. The van der Waals surface area contributed by atoms with Crippen LogP contribution in [0.25, 0.3) is 0 Å². The Balaban J connectivity index is 2.18. The normalized spacial score (nSPS) is 17.7. The molecular formula is C13H16ClNO3. The Labute approximate surface area is 111 Å². The van der Waals surface area contributed by atoms with Gasteiger partial charge in [0.05, 0.1) is 22.7 Å². The van der Waals surface area contributed by atoms with E-state index in [2.05, 4.69) is 5.32 Å². The van der Waals surface area contributed by atoms with Crippen LogP contribution in [0.3, 0.4) is 0 Å². The van der Waals surface area contributed by atoms with Crippen LogP contribution < -0.4 is 5.32 Å². The average Bonchev–Trinajstić information content (AvgIpc) is 2.81. The van der Waals surface area contributed by atoms with Crippen LogP contribution in [0.2, 0.25) is 5.02 Å². The zero-order valence-corrected chi connectivity index (χ0v) is 10.7. The van der Waals surface area contributed by atoms with E-state index in [0.717, 1.165) is 25.7 Å². The molecule has 1 amide bonds. The SMILES string of the molecule is O=C(NC1(CO)CCCC1)c1cc(O)ccc1Cl. The van der Waals surface area contributed by atoms with Gasteiger partial charge >= 0.3 is 0 Å². The number of amides is 1. The summed E-state index contributed by atoms with van der Waals surface area (Å²) >= 11 is 5.93. The molecule has 1 fully saturated rings. The summed E-state index contributed by atoms with van der Waals surface area (Å²) in [5.74, 6) is -0.360. The smallest absolute Gasteiger partial charge is 0.253 e. The molecule has 0 radical (unpaired) electrons. The topological polar surface area (TPSA) is 69.6 Å². The number of phenolic OH excluding ortho intramolecular Hbond substituents is 1. The van der Waals surface area contributed by atoms with E-state index in [1.807, 2.05) is 0 Å². The minimum atomic E-state index is -0.536. The highest BCUT2D eigenvalue weighted by Gasteiger charge is 2.35. The third-order valence-corrected chi connectivity index (χ3v) is 3.77. The van der Waals surface area contributed by atoms with Gasteiger partial charge in [-0.05, 0) is 31.0 Å². The molecule has 0 saturated heterocycles. The minimum Gasteiger partial charge on any atom is -0.508 e. The van der Waals surface area contributed by atoms with Crippen molar-refractivity contribution < 1.29 is 15.0 Å². The first kappa shape index (κ1) is 13.2. The maximum absolute atomic E-state index is 12.1. The van der Waals surface area contributed by atoms with E-state index < -0.39 is 5.54 Å². The van der Waals surface area contributed by atoms with Crippen LogP contribution in [-0.2, 0) is 0 Å². The van der Waals surface area contributed by atoms with Crippen molar-refractivity contribution >= 4 is 17.5 Å². The van der Waals surface area contributed by atoms with Gasteiger partial charge in [0.15, 0.2) is 0 Å². The van der Waals surface area contributed by atoms with Crippen molar-refractivity contribution in [3.63, 3.8) is 0 Å². The molecule has 3 N–H and O–H groups in total. The summed E-state index contributed by atoms with van der Waals surface area (Å²) in [6.45, 7) is -0.0742. The van der Waals surface area contributed by atoms with Gasteiger partial charge in [0, 0.05) is 0 Å². The molecule has 0 bridgehead atoms. The average molecular weight is 270 g/mol. The Morgan fingerprint density at radius 3 is 2.67 bits per heavy atom. The number of aliphatic hydroxyl groups excluding tert-OH is 1. The Morgan fingerprint density at radius 2 is 2.06 bits per heavy atom. The van der Waals surface area contributed by atoms with Crippen molar-refractivity contribution in [1.82, 2.24) is 5.32 Å². The minimum absolute atomic E-state index is 0.00554. The van der Waals surface area contributed by atoms with Crippen LogP contribution in [0.15, 0.2) is 18.2 Å². The number of halogens is 1. The number of phenols is 1. The van der Waals surface area contributed by atoms with Gasteiger partial charge in [-0.15, -0.1) is 0 Å². The number of hydrogen-bond acceptors (Lipinski definition) is 3. The fourth-order valence-electron chi connectivity index (χ4n) is 2.37. The van der Waals surface area contributed by atoms with E-state index in [1.54, 1.807) is 0 Å². The first-order valence-electron chi connectivity index (χ1n) is 5.98. The number of aliphatic hydroxyl groups is 1. The van der Waals surface area contributed by atoms with Crippen LogP contribution in [-0.4, -0.2) is 28.3 Å². The van der Waals surface area contributed by atoms with Crippen LogP contribution in [0.4, 0.5) is 0 Å². The lowest BCUT2D eigenvalue weighted by molar-refractivity contribution is 0.0838. The Hall–Kier alpha value is -1.26. The fourth-order valence-corrected chi connectivity index (χ4v) is 2.57. The van der Waals surface area contributed by atoms with E-state index >= 15 is 0 Å². The van der Waals surface area contributed by atoms with Gasteiger partial charge in [0.1, 0.15) is 5.75 Å². The number of nitrogens with one attached hydrogen (secondary N) is 1. The molecule has 0 aromatic heterocycles. The van der Waals surface area contributed by atoms with E-state index in [1.165, 1.54) is 18.2 Å². The largest absolute Gasteiger partial charge is 0.508 e. The Kier molecular flexibility index (Phi) is 3.78. The molecule has 1 aromatic rings. The zero-order valence-electron chi connectivity index (χ0n) is 9.95. The second kappa shape index (κ2) is 5.16. The molecule has 1 aliphatic rings. The molecule has 5 heteroatoms. The number of benzene rings is 1.